The molecular weight excluding hydrogens is 253 g/mol. The molecule has 1 amide bonds. The van der Waals surface area contributed by atoms with Crippen LogP contribution >= 0.6 is 0 Å². The summed E-state index contributed by atoms with van der Waals surface area (Å²) in [5.74, 6) is -2.61. The Bertz CT molecular complexity index is 673. The Labute approximate surface area is 107 Å². The molecule has 0 saturated heterocycles. The molecule has 7 heteroatoms. The summed E-state index contributed by atoms with van der Waals surface area (Å²) >= 11 is 0. The van der Waals surface area contributed by atoms with Gasteiger partial charge in [-0.15, -0.1) is 0 Å². The van der Waals surface area contributed by atoms with Gasteiger partial charge in [-0.05, 0) is 18.2 Å². The number of pyridine rings is 1. The number of anilines is 1. The molecule has 1 heterocycles. The fourth-order valence-electron chi connectivity index (χ4n) is 1.69. The Balaban J connectivity index is 2.52. The SMILES string of the molecule is Nc1ccc(F)c2c(C(=O)NCC(=O)O)nccc12. The van der Waals surface area contributed by atoms with E-state index >= 15 is 0 Å². The highest BCUT2D eigenvalue weighted by molar-refractivity contribution is 6.08. The lowest BCUT2D eigenvalue weighted by Crippen LogP contribution is -2.30. The summed E-state index contributed by atoms with van der Waals surface area (Å²) < 4.78 is 13.8. The first kappa shape index (κ1) is 12.7. The van der Waals surface area contributed by atoms with E-state index in [0.29, 0.717) is 11.1 Å². The zero-order valence-corrected chi connectivity index (χ0v) is 9.68. The summed E-state index contributed by atoms with van der Waals surface area (Å²) in [5.41, 5.74) is 5.82. The predicted molar refractivity (Wildman–Crippen MR) is 66.1 cm³/mol. The van der Waals surface area contributed by atoms with Crippen LogP contribution in [0.3, 0.4) is 0 Å². The monoisotopic (exact) mass is 263 g/mol. The summed E-state index contributed by atoms with van der Waals surface area (Å²) in [5, 5.41) is 11.0. The number of nitrogens with zero attached hydrogens (tertiary/aromatic N) is 1. The van der Waals surface area contributed by atoms with E-state index in [0.717, 1.165) is 6.07 Å². The molecule has 0 bridgehead atoms. The molecule has 1 aromatic carbocycles. The number of nitrogens with one attached hydrogen (secondary N) is 1. The van der Waals surface area contributed by atoms with E-state index in [9.17, 15) is 14.0 Å². The zero-order chi connectivity index (χ0) is 14.0. The molecule has 0 radical (unpaired) electrons. The number of benzene rings is 1. The fraction of sp³-hybridized carbons (Fsp3) is 0.0833. The summed E-state index contributed by atoms with van der Waals surface area (Å²) in [6, 6.07) is 4.01. The average molecular weight is 263 g/mol. The molecule has 2 aromatic rings. The van der Waals surface area contributed by atoms with Crippen LogP contribution in [0.25, 0.3) is 10.8 Å². The fourth-order valence-corrected chi connectivity index (χ4v) is 1.69. The second-order valence-electron chi connectivity index (χ2n) is 3.80. The van der Waals surface area contributed by atoms with Crippen LogP contribution in [-0.2, 0) is 4.79 Å². The molecule has 0 spiro atoms. The smallest absolute Gasteiger partial charge is 0.322 e. The number of halogens is 1. The number of carboxylic acids is 1. The summed E-state index contributed by atoms with van der Waals surface area (Å²) in [4.78, 5) is 26.0. The number of nitrogens with two attached hydrogens (primary N) is 1. The molecule has 4 N–H and O–H groups in total. The first-order chi connectivity index (χ1) is 9.00. The third-order valence-electron chi connectivity index (χ3n) is 2.53. The molecule has 0 aliphatic heterocycles. The molecule has 0 saturated carbocycles. The lowest BCUT2D eigenvalue weighted by Gasteiger charge is -2.08. The Hall–Kier alpha value is -2.70. The number of amides is 1. The Kier molecular flexibility index (Phi) is 3.28. The van der Waals surface area contributed by atoms with Crippen molar-refractivity contribution in [2.24, 2.45) is 0 Å². The van der Waals surface area contributed by atoms with Crippen molar-refractivity contribution in [3.8, 4) is 0 Å². The normalized spacial score (nSPS) is 10.4. The van der Waals surface area contributed by atoms with E-state index in [1.54, 1.807) is 0 Å². The van der Waals surface area contributed by atoms with E-state index in [1.807, 2.05) is 0 Å². The molecule has 19 heavy (non-hydrogen) atoms. The van der Waals surface area contributed by atoms with Gasteiger partial charge in [-0.1, -0.05) is 0 Å². The number of nitrogen functional groups attached to an aromatic ring is 1. The van der Waals surface area contributed by atoms with Crippen molar-refractivity contribution in [1.82, 2.24) is 10.3 Å². The highest BCUT2D eigenvalue weighted by Crippen LogP contribution is 2.25. The van der Waals surface area contributed by atoms with Crippen molar-refractivity contribution in [3.05, 3.63) is 35.9 Å². The van der Waals surface area contributed by atoms with E-state index in [-0.39, 0.29) is 11.1 Å². The van der Waals surface area contributed by atoms with Gasteiger partial charge in [0.15, 0.2) is 0 Å². The zero-order valence-electron chi connectivity index (χ0n) is 9.68. The maximum atomic E-state index is 13.8. The first-order valence-corrected chi connectivity index (χ1v) is 5.33. The van der Waals surface area contributed by atoms with Crippen LogP contribution in [0.15, 0.2) is 24.4 Å². The number of carbonyl (C=O) groups excluding carboxylic acids is 1. The van der Waals surface area contributed by atoms with Crippen molar-refractivity contribution >= 4 is 28.3 Å². The number of hydrogen-bond donors (Lipinski definition) is 3. The molecule has 0 atom stereocenters. The maximum absolute atomic E-state index is 13.8. The van der Waals surface area contributed by atoms with Crippen molar-refractivity contribution < 1.29 is 19.1 Å². The molecule has 0 aliphatic carbocycles. The van der Waals surface area contributed by atoms with Crippen molar-refractivity contribution in [1.29, 1.82) is 0 Å². The van der Waals surface area contributed by atoms with Crippen LogP contribution in [0.4, 0.5) is 10.1 Å². The number of aliphatic carboxylic acids is 1. The highest BCUT2D eigenvalue weighted by atomic mass is 19.1. The van der Waals surface area contributed by atoms with Crippen LogP contribution in [0, 0.1) is 5.82 Å². The molecule has 0 unspecified atom stereocenters. The van der Waals surface area contributed by atoms with Gasteiger partial charge in [0.05, 0.1) is 5.39 Å². The molecule has 1 aromatic heterocycles. The number of carboxylic acid groups (broad SMARTS) is 1. The minimum Gasteiger partial charge on any atom is -0.480 e. The van der Waals surface area contributed by atoms with Crippen LogP contribution in [0.1, 0.15) is 10.5 Å². The van der Waals surface area contributed by atoms with Crippen LogP contribution in [0.5, 0.6) is 0 Å². The van der Waals surface area contributed by atoms with E-state index < -0.39 is 24.2 Å². The summed E-state index contributed by atoms with van der Waals surface area (Å²) in [6.07, 6.45) is 1.31. The van der Waals surface area contributed by atoms with Gasteiger partial charge in [0, 0.05) is 17.3 Å². The van der Waals surface area contributed by atoms with E-state index in [4.69, 9.17) is 10.8 Å². The number of aromatic nitrogens is 1. The first-order valence-electron chi connectivity index (χ1n) is 5.33. The molecule has 2 rings (SSSR count). The molecular formula is C12H10FN3O3. The van der Waals surface area contributed by atoms with Crippen LogP contribution < -0.4 is 11.1 Å². The quantitative estimate of drug-likeness (QED) is 0.709. The van der Waals surface area contributed by atoms with Gasteiger partial charge in [-0.25, -0.2) is 4.39 Å². The number of carbonyl (C=O) groups is 2. The average Bonchev–Trinajstić information content (AvgIpc) is 2.39. The van der Waals surface area contributed by atoms with Gasteiger partial charge in [0.25, 0.3) is 5.91 Å². The molecule has 0 fully saturated rings. The number of hydrogen-bond acceptors (Lipinski definition) is 4. The van der Waals surface area contributed by atoms with Gasteiger partial charge in [-0.3, -0.25) is 14.6 Å². The Morgan fingerprint density at radius 3 is 2.79 bits per heavy atom. The van der Waals surface area contributed by atoms with Gasteiger partial charge < -0.3 is 16.2 Å². The Morgan fingerprint density at radius 1 is 1.37 bits per heavy atom. The number of rotatable bonds is 3. The van der Waals surface area contributed by atoms with E-state index in [2.05, 4.69) is 10.3 Å². The lowest BCUT2D eigenvalue weighted by molar-refractivity contribution is -0.135. The largest absolute Gasteiger partial charge is 0.480 e. The number of fused-ring (bicyclic) bond motifs is 1. The molecule has 0 aliphatic rings. The Morgan fingerprint density at radius 2 is 2.11 bits per heavy atom. The van der Waals surface area contributed by atoms with Gasteiger partial charge in [0.2, 0.25) is 0 Å². The van der Waals surface area contributed by atoms with Crippen LogP contribution in [-0.4, -0.2) is 28.5 Å². The topological polar surface area (TPSA) is 105 Å². The standard InChI is InChI=1S/C12H10FN3O3/c13-7-1-2-8(14)6-3-4-15-11(10(6)7)12(19)16-5-9(17)18/h1-4H,5,14H2,(H,16,19)(H,17,18). The second-order valence-corrected chi connectivity index (χ2v) is 3.80. The third-order valence-corrected chi connectivity index (χ3v) is 2.53. The van der Waals surface area contributed by atoms with E-state index in [1.165, 1.54) is 18.3 Å². The summed E-state index contributed by atoms with van der Waals surface area (Å²) in [7, 11) is 0. The van der Waals surface area contributed by atoms with Gasteiger partial charge >= 0.3 is 5.97 Å². The molecule has 98 valence electrons. The van der Waals surface area contributed by atoms with Crippen molar-refractivity contribution in [2.75, 3.05) is 12.3 Å². The minimum absolute atomic E-state index is 0.0228. The van der Waals surface area contributed by atoms with Crippen LogP contribution in [0.2, 0.25) is 0 Å². The van der Waals surface area contributed by atoms with Gasteiger partial charge in [0.1, 0.15) is 18.1 Å². The second kappa shape index (κ2) is 4.89. The van der Waals surface area contributed by atoms with Crippen molar-refractivity contribution in [3.63, 3.8) is 0 Å². The molecule has 6 nitrogen and oxygen atoms in total. The maximum Gasteiger partial charge on any atom is 0.322 e. The summed E-state index contributed by atoms with van der Waals surface area (Å²) in [6.45, 7) is -0.569. The van der Waals surface area contributed by atoms with Gasteiger partial charge in [-0.2, -0.15) is 0 Å². The minimum atomic E-state index is -1.20. The highest BCUT2D eigenvalue weighted by Gasteiger charge is 2.16. The van der Waals surface area contributed by atoms with Crippen molar-refractivity contribution in [2.45, 2.75) is 0 Å². The predicted octanol–water partition coefficient (Wildman–Crippen LogP) is 0.770. The third kappa shape index (κ3) is 2.44. The lowest BCUT2D eigenvalue weighted by atomic mass is 10.1.